The molecule has 0 spiro atoms. The van der Waals surface area contributed by atoms with Crippen LogP contribution in [0.2, 0.25) is 0 Å². The van der Waals surface area contributed by atoms with Crippen LogP contribution in [0, 0.1) is 6.92 Å². The number of hydrogen-bond donors (Lipinski definition) is 2. The van der Waals surface area contributed by atoms with Gasteiger partial charge >= 0.3 is 0 Å². The lowest BCUT2D eigenvalue weighted by molar-refractivity contribution is 0.192. The fourth-order valence-corrected chi connectivity index (χ4v) is 3.22. The second-order valence-electron chi connectivity index (χ2n) is 7.41. The summed E-state index contributed by atoms with van der Waals surface area (Å²) in [6.45, 7) is 5.76. The van der Waals surface area contributed by atoms with E-state index in [2.05, 4.69) is 41.8 Å². The third-order valence-corrected chi connectivity index (χ3v) is 5.00. The summed E-state index contributed by atoms with van der Waals surface area (Å²) in [5.41, 5.74) is 3.39. The number of unbranched alkanes of at least 4 members (excludes halogenated alkanes) is 2. The van der Waals surface area contributed by atoms with Crippen molar-refractivity contribution in [3.63, 3.8) is 0 Å². The molecule has 2 N–H and O–H groups in total. The van der Waals surface area contributed by atoms with Crippen molar-refractivity contribution in [1.29, 1.82) is 0 Å². The van der Waals surface area contributed by atoms with E-state index in [1.165, 1.54) is 11.1 Å². The molecule has 0 fully saturated rings. The number of guanidine groups is 1. The third-order valence-electron chi connectivity index (χ3n) is 5.00. The minimum absolute atomic E-state index is 0.621. The Morgan fingerprint density at radius 2 is 1.87 bits per heavy atom. The number of nitrogens with zero attached hydrogens (tertiary/aromatic N) is 1. The average Bonchev–Trinajstić information content (AvgIpc) is 3.00. The van der Waals surface area contributed by atoms with Crippen molar-refractivity contribution in [1.82, 2.24) is 5.32 Å². The van der Waals surface area contributed by atoms with E-state index in [0.717, 1.165) is 62.0 Å². The minimum atomic E-state index is 0.621. The van der Waals surface area contributed by atoms with Gasteiger partial charge in [-0.2, -0.15) is 0 Å². The van der Waals surface area contributed by atoms with Gasteiger partial charge in [0.25, 0.3) is 0 Å². The number of aliphatic imine (C=N–C) groups is 1. The van der Waals surface area contributed by atoms with Crippen molar-refractivity contribution in [2.24, 2.45) is 4.99 Å². The average molecular weight is 412 g/mol. The molecule has 0 aliphatic carbocycles. The molecule has 0 amide bonds. The molecule has 1 aliphatic rings. The highest BCUT2D eigenvalue weighted by molar-refractivity contribution is 5.94. The van der Waals surface area contributed by atoms with Crippen LogP contribution >= 0.6 is 0 Å². The highest BCUT2D eigenvalue weighted by Crippen LogP contribution is 2.32. The summed E-state index contributed by atoms with van der Waals surface area (Å²) < 4.78 is 16.7. The van der Waals surface area contributed by atoms with Gasteiger partial charge in [-0.1, -0.05) is 24.3 Å². The Morgan fingerprint density at radius 1 is 1.03 bits per heavy atom. The molecule has 3 rings (SSSR count). The fraction of sp³-hybridized carbons (Fsp3) is 0.458. The summed E-state index contributed by atoms with van der Waals surface area (Å²) in [7, 11) is 1.74. The van der Waals surface area contributed by atoms with Gasteiger partial charge in [0, 0.05) is 38.4 Å². The van der Waals surface area contributed by atoms with Crippen LogP contribution in [-0.2, 0) is 11.3 Å². The number of aryl methyl sites for hydroxylation is 1. The number of fused-ring (bicyclic) bond motifs is 1. The molecule has 0 radical (unpaired) electrons. The molecular weight excluding hydrogens is 378 g/mol. The van der Waals surface area contributed by atoms with Gasteiger partial charge in [-0.05, 0) is 49.4 Å². The van der Waals surface area contributed by atoms with Crippen molar-refractivity contribution >= 4 is 11.6 Å². The number of nitrogens with one attached hydrogen (secondary N) is 2. The van der Waals surface area contributed by atoms with Gasteiger partial charge in [-0.3, -0.25) is 0 Å². The molecule has 0 saturated carbocycles. The molecular formula is C24H33N3O3. The molecule has 6 heteroatoms. The maximum Gasteiger partial charge on any atom is 0.196 e. The third kappa shape index (κ3) is 6.95. The first-order chi connectivity index (χ1) is 14.8. The number of ether oxygens (including phenoxy) is 3. The highest BCUT2D eigenvalue weighted by atomic mass is 16.5. The number of rotatable bonds is 9. The van der Waals surface area contributed by atoms with E-state index in [4.69, 9.17) is 19.2 Å². The first kappa shape index (κ1) is 22.0. The van der Waals surface area contributed by atoms with Crippen LogP contribution in [0.1, 0.15) is 36.8 Å². The molecule has 2 aromatic rings. The van der Waals surface area contributed by atoms with Crippen molar-refractivity contribution < 1.29 is 14.2 Å². The molecule has 1 aliphatic heterocycles. The second kappa shape index (κ2) is 12.1. The molecule has 6 nitrogen and oxygen atoms in total. The predicted octanol–water partition coefficient (Wildman–Crippen LogP) is 4.53. The topological polar surface area (TPSA) is 64.1 Å². The van der Waals surface area contributed by atoms with Crippen LogP contribution in [0.5, 0.6) is 11.5 Å². The quantitative estimate of drug-likeness (QED) is 0.361. The van der Waals surface area contributed by atoms with E-state index in [-0.39, 0.29) is 0 Å². The Balaban J connectivity index is 1.66. The summed E-state index contributed by atoms with van der Waals surface area (Å²) in [5, 5.41) is 6.87. The predicted molar refractivity (Wildman–Crippen MR) is 122 cm³/mol. The molecule has 1 heterocycles. The van der Waals surface area contributed by atoms with E-state index in [1.54, 1.807) is 7.11 Å². The van der Waals surface area contributed by atoms with Crippen LogP contribution < -0.4 is 20.1 Å². The Morgan fingerprint density at radius 3 is 2.70 bits per heavy atom. The Bertz CT molecular complexity index is 823. The number of anilines is 1. The monoisotopic (exact) mass is 411 g/mol. The molecule has 0 saturated heterocycles. The van der Waals surface area contributed by atoms with Crippen molar-refractivity contribution in [3.05, 3.63) is 53.6 Å². The lowest BCUT2D eigenvalue weighted by atomic mass is 10.1. The maximum atomic E-state index is 5.81. The van der Waals surface area contributed by atoms with Crippen molar-refractivity contribution in [2.45, 2.75) is 39.2 Å². The number of hydrogen-bond acceptors (Lipinski definition) is 4. The SMILES string of the molecule is COCCCCCNC(=NCc1ccccc1C)Nc1ccc2c(c1)OCCCO2. The normalized spacial score (nSPS) is 13.6. The summed E-state index contributed by atoms with van der Waals surface area (Å²) in [6.07, 6.45) is 4.15. The van der Waals surface area contributed by atoms with E-state index in [1.807, 2.05) is 18.2 Å². The van der Waals surface area contributed by atoms with Gasteiger partial charge in [0.1, 0.15) is 0 Å². The summed E-state index contributed by atoms with van der Waals surface area (Å²) in [4.78, 5) is 4.81. The van der Waals surface area contributed by atoms with Crippen molar-refractivity contribution in [2.75, 3.05) is 38.8 Å². The number of methoxy groups -OCH3 is 1. The maximum absolute atomic E-state index is 5.81. The van der Waals surface area contributed by atoms with Crippen molar-refractivity contribution in [3.8, 4) is 11.5 Å². The Kier molecular flexibility index (Phi) is 8.84. The minimum Gasteiger partial charge on any atom is -0.490 e. The van der Waals surface area contributed by atoms with Crippen LogP contribution in [-0.4, -0.2) is 39.4 Å². The van der Waals surface area contributed by atoms with Gasteiger partial charge in [0.2, 0.25) is 0 Å². The van der Waals surface area contributed by atoms with Gasteiger partial charge in [0.15, 0.2) is 17.5 Å². The zero-order valence-electron chi connectivity index (χ0n) is 18.1. The number of benzene rings is 2. The second-order valence-corrected chi connectivity index (χ2v) is 7.41. The van der Waals surface area contributed by atoms with Crippen LogP contribution in [0.25, 0.3) is 0 Å². The standard InChI is InChI=1S/C24H33N3O3/c1-19-9-4-5-10-20(19)18-26-24(25-13-6-3-7-14-28-2)27-21-11-12-22-23(17-21)30-16-8-15-29-22/h4-5,9-12,17H,3,6-8,13-16,18H2,1-2H3,(H2,25,26,27). The zero-order chi connectivity index (χ0) is 21.0. The van der Waals surface area contributed by atoms with Gasteiger partial charge < -0.3 is 24.8 Å². The Hall–Kier alpha value is -2.73. The van der Waals surface area contributed by atoms with Crippen LogP contribution in [0.4, 0.5) is 5.69 Å². The molecule has 30 heavy (non-hydrogen) atoms. The lowest BCUT2D eigenvalue weighted by Crippen LogP contribution is -2.31. The Labute approximate surface area is 179 Å². The first-order valence-corrected chi connectivity index (χ1v) is 10.7. The van der Waals surface area contributed by atoms with E-state index >= 15 is 0 Å². The van der Waals surface area contributed by atoms with E-state index in [0.29, 0.717) is 19.8 Å². The lowest BCUT2D eigenvalue weighted by Gasteiger charge is -2.15. The fourth-order valence-electron chi connectivity index (χ4n) is 3.22. The molecule has 0 bridgehead atoms. The molecule has 162 valence electrons. The van der Waals surface area contributed by atoms with Crippen LogP contribution in [0.3, 0.4) is 0 Å². The molecule has 0 aromatic heterocycles. The van der Waals surface area contributed by atoms with Crippen LogP contribution in [0.15, 0.2) is 47.5 Å². The summed E-state index contributed by atoms with van der Waals surface area (Å²) >= 11 is 0. The van der Waals surface area contributed by atoms with Gasteiger partial charge in [0.05, 0.1) is 19.8 Å². The largest absolute Gasteiger partial charge is 0.490 e. The molecule has 2 aromatic carbocycles. The van der Waals surface area contributed by atoms with Gasteiger partial charge in [-0.15, -0.1) is 0 Å². The first-order valence-electron chi connectivity index (χ1n) is 10.7. The van der Waals surface area contributed by atoms with E-state index in [9.17, 15) is 0 Å². The highest BCUT2D eigenvalue weighted by Gasteiger charge is 2.11. The zero-order valence-corrected chi connectivity index (χ0v) is 18.1. The smallest absolute Gasteiger partial charge is 0.196 e. The van der Waals surface area contributed by atoms with Gasteiger partial charge in [-0.25, -0.2) is 4.99 Å². The summed E-state index contributed by atoms with van der Waals surface area (Å²) in [6, 6.07) is 14.3. The van der Waals surface area contributed by atoms with E-state index < -0.39 is 0 Å². The molecule has 0 unspecified atom stereocenters. The molecule has 0 atom stereocenters. The summed E-state index contributed by atoms with van der Waals surface area (Å²) in [5.74, 6) is 2.33.